The van der Waals surface area contributed by atoms with Gasteiger partial charge in [0.05, 0.1) is 0 Å². The van der Waals surface area contributed by atoms with Gasteiger partial charge in [0, 0.05) is 29.8 Å². The van der Waals surface area contributed by atoms with Crippen LogP contribution in [0.4, 0.5) is 5.69 Å². The fourth-order valence-corrected chi connectivity index (χ4v) is 2.80. The van der Waals surface area contributed by atoms with Crippen molar-refractivity contribution in [3.8, 4) is 0 Å². The first-order chi connectivity index (χ1) is 10.8. The van der Waals surface area contributed by atoms with E-state index in [1.165, 1.54) is 0 Å². The molecular formula is C19H19NO2. The molecule has 1 amide bonds. The van der Waals surface area contributed by atoms with Gasteiger partial charge < -0.3 is 4.90 Å². The van der Waals surface area contributed by atoms with Crippen molar-refractivity contribution in [1.82, 2.24) is 0 Å². The van der Waals surface area contributed by atoms with Gasteiger partial charge in [-0.05, 0) is 37.1 Å². The summed E-state index contributed by atoms with van der Waals surface area (Å²) >= 11 is 0. The summed E-state index contributed by atoms with van der Waals surface area (Å²) in [7, 11) is 0. The van der Waals surface area contributed by atoms with Crippen molar-refractivity contribution in [2.45, 2.75) is 25.7 Å². The van der Waals surface area contributed by atoms with Crippen LogP contribution < -0.4 is 4.90 Å². The van der Waals surface area contributed by atoms with Gasteiger partial charge in [-0.1, -0.05) is 36.8 Å². The monoisotopic (exact) mass is 293 g/mol. The third kappa shape index (κ3) is 3.08. The van der Waals surface area contributed by atoms with E-state index in [0.29, 0.717) is 17.5 Å². The normalized spacial score (nSPS) is 15.5. The molecule has 0 saturated carbocycles. The Balaban J connectivity index is 1.80. The molecule has 112 valence electrons. The summed E-state index contributed by atoms with van der Waals surface area (Å²) in [5, 5.41) is 0. The zero-order valence-corrected chi connectivity index (χ0v) is 12.5. The van der Waals surface area contributed by atoms with Gasteiger partial charge in [-0.3, -0.25) is 9.59 Å². The molecule has 0 atom stereocenters. The molecule has 2 aromatic carbocycles. The molecule has 1 aliphatic heterocycles. The van der Waals surface area contributed by atoms with E-state index in [1.807, 2.05) is 59.5 Å². The standard InChI is InChI=1S/C19H19NO2/c21-18-9-5-2-6-14-20(18)17-12-10-16(11-13-17)19(22)15-7-3-1-4-8-15/h1,3-4,7-8,10-13H,2,5-6,9,14H2. The number of carbonyl (C=O) groups is 2. The lowest BCUT2D eigenvalue weighted by Gasteiger charge is -2.20. The minimum atomic E-state index is 0.00865. The Morgan fingerprint density at radius 1 is 0.818 bits per heavy atom. The van der Waals surface area contributed by atoms with Gasteiger partial charge >= 0.3 is 0 Å². The Hall–Kier alpha value is -2.42. The minimum Gasteiger partial charge on any atom is -0.312 e. The average Bonchev–Trinajstić information content (AvgIpc) is 2.80. The molecule has 0 bridgehead atoms. The van der Waals surface area contributed by atoms with Crippen LogP contribution in [0.1, 0.15) is 41.6 Å². The molecule has 0 N–H and O–H groups in total. The van der Waals surface area contributed by atoms with Gasteiger partial charge in [0.25, 0.3) is 0 Å². The number of ketones is 1. The zero-order chi connectivity index (χ0) is 15.4. The second kappa shape index (κ2) is 6.56. The summed E-state index contributed by atoms with van der Waals surface area (Å²) in [5.74, 6) is 0.189. The van der Waals surface area contributed by atoms with E-state index in [9.17, 15) is 9.59 Å². The zero-order valence-electron chi connectivity index (χ0n) is 12.5. The maximum atomic E-state index is 12.4. The summed E-state index contributed by atoms with van der Waals surface area (Å²) in [6, 6.07) is 16.6. The van der Waals surface area contributed by atoms with Crippen LogP contribution >= 0.6 is 0 Å². The molecule has 3 heteroatoms. The van der Waals surface area contributed by atoms with Crippen molar-refractivity contribution in [3.63, 3.8) is 0 Å². The number of hydrogen-bond donors (Lipinski definition) is 0. The Morgan fingerprint density at radius 2 is 1.50 bits per heavy atom. The Kier molecular flexibility index (Phi) is 4.33. The molecular weight excluding hydrogens is 274 g/mol. The highest BCUT2D eigenvalue weighted by Crippen LogP contribution is 2.22. The molecule has 3 nitrogen and oxygen atoms in total. The largest absolute Gasteiger partial charge is 0.312 e. The SMILES string of the molecule is O=C(c1ccccc1)c1ccc(N2CCCCCC2=O)cc1. The maximum Gasteiger partial charge on any atom is 0.226 e. The van der Waals surface area contributed by atoms with Crippen LogP contribution in [0.2, 0.25) is 0 Å². The molecule has 1 heterocycles. The van der Waals surface area contributed by atoms with Gasteiger partial charge in [-0.25, -0.2) is 0 Å². The number of anilines is 1. The molecule has 0 radical (unpaired) electrons. The summed E-state index contributed by atoms with van der Waals surface area (Å²) < 4.78 is 0. The first-order valence-corrected chi connectivity index (χ1v) is 7.76. The Morgan fingerprint density at radius 3 is 2.23 bits per heavy atom. The second-order valence-corrected chi connectivity index (χ2v) is 5.60. The second-order valence-electron chi connectivity index (χ2n) is 5.60. The van der Waals surface area contributed by atoms with Crippen molar-refractivity contribution < 1.29 is 9.59 Å². The molecule has 0 spiro atoms. The summed E-state index contributed by atoms with van der Waals surface area (Å²) in [5.41, 5.74) is 2.22. The molecule has 0 aliphatic carbocycles. The van der Waals surface area contributed by atoms with Crippen molar-refractivity contribution in [2.24, 2.45) is 0 Å². The molecule has 1 fully saturated rings. The maximum absolute atomic E-state index is 12.4. The first kappa shape index (κ1) is 14.5. The molecule has 3 rings (SSSR count). The third-order valence-electron chi connectivity index (χ3n) is 4.05. The Labute approximate surface area is 130 Å². The van der Waals surface area contributed by atoms with Crippen LogP contribution in [-0.4, -0.2) is 18.2 Å². The number of amides is 1. The smallest absolute Gasteiger partial charge is 0.226 e. The van der Waals surface area contributed by atoms with Crippen LogP contribution in [0.5, 0.6) is 0 Å². The van der Waals surface area contributed by atoms with Crippen molar-refractivity contribution in [3.05, 3.63) is 65.7 Å². The van der Waals surface area contributed by atoms with Crippen LogP contribution in [0, 0.1) is 0 Å². The number of benzene rings is 2. The lowest BCUT2D eigenvalue weighted by molar-refractivity contribution is -0.118. The van der Waals surface area contributed by atoms with E-state index in [-0.39, 0.29) is 11.7 Å². The fourth-order valence-electron chi connectivity index (χ4n) is 2.80. The lowest BCUT2D eigenvalue weighted by Crippen LogP contribution is -2.29. The fraction of sp³-hybridized carbons (Fsp3) is 0.263. The van der Waals surface area contributed by atoms with Crippen LogP contribution in [-0.2, 0) is 4.79 Å². The van der Waals surface area contributed by atoms with E-state index in [4.69, 9.17) is 0 Å². The number of nitrogens with zero attached hydrogens (tertiary/aromatic N) is 1. The van der Waals surface area contributed by atoms with Gasteiger partial charge in [-0.2, -0.15) is 0 Å². The third-order valence-corrected chi connectivity index (χ3v) is 4.05. The molecule has 1 aliphatic rings. The number of rotatable bonds is 3. The van der Waals surface area contributed by atoms with Crippen molar-refractivity contribution in [2.75, 3.05) is 11.4 Å². The van der Waals surface area contributed by atoms with E-state index in [0.717, 1.165) is 31.5 Å². The molecule has 0 aromatic heterocycles. The van der Waals surface area contributed by atoms with Crippen molar-refractivity contribution >= 4 is 17.4 Å². The van der Waals surface area contributed by atoms with Crippen molar-refractivity contribution in [1.29, 1.82) is 0 Å². The summed E-state index contributed by atoms with van der Waals surface area (Å²) in [6.07, 6.45) is 3.73. The highest BCUT2D eigenvalue weighted by atomic mass is 16.2. The van der Waals surface area contributed by atoms with Gasteiger partial charge in [0.15, 0.2) is 5.78 Å². The van der Waals surface area contributed by atoms with Crippen LogP contribution in [0.15, 0.2) is 54.6 Å². The predicted molar refractivity (Wildman–Crippen MR) is 87.1 cm³/mol. The topological polar surface area (TPSA) is 37.4 Å². The summed E-state index contributed by atoms with van der Waals surface area (Å²) in [4.78, 5) is 26.3. The Bertz CT molecular complexity index is 662. The molecule has 22 heavy (non-hydrogen) atoms. The molecule has 2 aromatic rings. The van der Waals surface area contributed by atoms with Gasteiger partial charge in [0.1, 0.15) is 0 Å². The molecule has 0 unspecified atom stereocenters. The van der Waals surface area contributed by atoms with E-state index < -0.39 is 0 Å². The highest BCUT2D eigenvalue weighted by Gasteiger charge is 2.18. The van der Waals surface area contributed by atoms with E-state index in [2.05, 4.69) is 0 Å². The quantitative estimate of drug-likeness (QED) is 0.807. The van der Waals surface area contributed by atoms with E-state index in [1.54, 1.807) is 0 Å². The number of carbonyl (C=O) groups excluding carboxylic acids is 2. The average molecular weight is 293 g/mol. The number of hydrogen-bond acceptors (Lipinski definition) is 2. The van der Waals surface area contributed by atoms with E-state index >= 15 is 0 Å². The molecule has 1 saturated heterocycles. The van der Waals surface area contributed by atoms with Crippen LogP contribution in [0.3, 0.4) is 0 Å². The van der Waals surface area contributed by atoms with Crippen LogP contribution in [0.25, 0.3) is 0 Å². The highest BCUT2D eigenvalue weighted by molar-refractivity contribution is 6.09. The lowest BCUT2D eigenvalue weighted by atomic mass is 10.0. The predicted octanol–water partition coefficient (Wildman–Crippen LogP) is 3.82. The first-order valence-electron chi connectivity index (χ1n) is 7.76. The van der Waals surface area contributed by atoms with Gasteiger partial charge in [0.2, 0.25) is 5.91 Å². The minimum absolute atomic E-state index is 0.00865. The van der Waals surface area contributed by atoms with Gasteiger partial charge in [-0.15, -0.1) is 0 Å². The summed E-state index contributed by atoms with van der Waals surface area (Å²) in [6.45, 7) is 0.769.